The maximum atomic E-state index is 13.4. The Bertz CT molecular complexity index is 920. The zero-order valence-electron chi connectivity index (χ0n) is 13.2. The monoisotopic (exact) mass is 339 g/mol. The molecule has 0 bridgehead atoms. The molecule has 0 aromatic heterocycles. The molecule has 1 atom stereocenters. The van der Waals surface area contributed by atoms with E-state index in [2.05, 4.69) is 5.32 Å². The SMILES string of the molecule is O=C1OCC2=C1C(c1ccc(F)cc1)c1cc3c(cc1N2)OCCO3. The van der Waals surface area contributed by atoms with Crippen LogP contribution in [0, 0.1) is 5.82 Å². The van der Waals surface area contributed by atoms with Crippen molar-refractivity contribution < 1.29 is 23.4 Å². The highest BCUT2D eigenvalue weighted by Crippen LogP contribution is 2.48. The van der Waals surface area contributed by atoms with E-state index in [1.807, 2.05) is 12.1 Å². The van der Waals surface area contributed by atoms with Crippen molar-refractivity contribution in [3.63, 3.8) is 0 Å². The Morgan fingerprint density at radius 2 is 1.72 bits per heavy atom. The molecular formula is C19H14FNO4. The van der Waals surface area contributed by atoms with Crippen molar-refractivity contribution in [2.75, 3.05) is 25.1 Å². The topological polar surface area (TPSA) is 56.8 Å². The molecule has 3 heterocycles. The molecule has 3 aliphatic heterocycles. The summed E-state index contributed by atoms with van der Waals surface area (Å²) in [6.07, 6.45) is 0. The van der Waals surface area contributed by atoms with Gasteiger partial charge in [0, 0.05) is 17.7 Å². The van der Waals surface area contributed by atoms with Crippen molar-refractivity contribution in [2.24, 2.45) is 0 Å². The average molecular weight is 339 g/mol. The van der Waals surface area contributed by atoms with E-state index in [9.17, 15) is 9.18 Å². The molecule has 5 nitrogen and oxygen atoms in total. The second-order valence-electron chi connectivity index (χ2n) is 6.16. The fourth-order valence-electron chi connectivity index (χ4n) is 3.58. The Morgan fingerprint density at radius 3 is 2.48 bits per heavy atom. The van der Waals surface area contributed by atoms with Gasteiger partial charge in [0.25, 0.3) is 0 Å². The third-order valence-corrected chi connectivity index (χ3v) is 4.70. The van der Waals surface area contributed by atoms with Gasteiger partial charge in [-0.2, -0.15) is 0 Å². The summed E-state index contributed by atoms with van der Waals surface area (Å²) in [4.78, 5) is 12.3. The van der Waals surface area contributed by atoms with Crippen molar-refractivity contribution in [2.45, 2.75) is 5.92 Å². The van der Waals surface area contributed by atoms with Crippen LogP contribution in [0.3, 0.4) is 0 Å². The molecule has 25 heavy (non-hydrogen) atoms. The summed E-state index contributed by atoms with van der Waals surface area (Å²) in [6, 6.07) is 9.96. The second kappa shape index (κ2) is 5.24. The van der Waals surface area contributed by atoms with Crippen molar-refractivity contribution in [3.8, 4) is 11.5 Å². The van der Waals surface area contributed by atoms with Gasteiger partial charge >= 0.3 is 5.97 Å². The van der Waals surface area contributed by atoms with Crippen molar-refractivity contribution >= 4 is 11.7 Å². The molecular weight excluding hydrogens is 325 g/mol. The normalized spacial score (nSPS) is 20.5. The summed E-state index contributed by atoms with van der Waals surface area (Å²) in [7, 11) is 0. The molecule has 0 fully saturated rings. The summed E-state index contributed by atoms with van der Waals surface area (Å²) < 4.78 is 29.9. The van der Waals surface area contributed by atoms with E-state index in [1.54, 1.807) is 12.1 Å². The lowest BCUT2D eigenvalue weighted by Crippen LogP contribution is -2.22. The number of cyclic esters (lactones) is 1. The molecule has 0 saturated heterocycles. The number of benzene rings is 2. The fourth-order valence-corrected chi connectivity index (χ4v) is 3.58. The Balaban J connectivity index is 1.71. The van der Waals surface area contributed by atoms with E-state index in [0.717, 1.165) is 22.5 Å². The molecule has 6 heteroatoms. The number of rotatable bonds is 1. The predicted octanol–water partition coefficient (Wildman–Crippen LogP) is 2.97. The maximum Gasteiger partial charge on any atom is 0.337 e. The number of hydrogen-bond donors (Lipinski definition) is 1. The van der Waals surface area contributed by atoms with Gasteiger partial charge in [0.05, 0.1) is 11.3 Å². The van der Waals surface area contributed by atoms with Crippen LogP contribution in [0.15, 0.2) is 47.7 Å². The fraction of sp³-hybridized carbons (Fsp3) is 0.211. The van der Waals surface area contributed by atoms with Gasteiger partial charge in [-0.15, -0.1) is 0 Å². The molecule has 1 unspecified atom stereocenters. The lowest BCUT2D eigenvalue weighted by atomic mass is 9.81. The highest BCUT2D eigenvalue weighted by Gasteiger charge is 2.39. The minimum atomic E-state index is -0.350. The van der Waals surface area contributed by atoms with Gasteiger partial charge < -0.3 is 19.5 Å². The number of anilines is 1. The van der Waals surface area contributed by atoms with Gasteiger partial charge in [-0.05, 0) is 29.3 Å². The minimum Gasteiger partial charge on any atom is -0.486 e. The van der Waals surface area contributed by atoms with Crippen LogP contribution in [0.1, 0.15) is 17.0 Å². The molecule has 2 aromatic rings. The Labute approximate surface area is 143 Å². The molecule has 0 spiro atoms. The van der Waals surface area contributed by atoms with Gasteiger partial charge in [0.1, 0.15) is 25.6 Å². The number of esters is 1. The van der Waals surface area contributed by atoms with Crippen molar-refractivity contribution in [1.29, 1.82) is 0 Å². The van der Waals surface area contributed by atoms with Crippen LogP contribution in [0.2, 0.25) is 0 Å². The van der Waals surface area contributed by atoms with Gasteiger partial charge in [-0.25, -0.2) is 9.18 Å². The Morgan fingerprint density at radius 1 is 1.00 bits per heavy atom. The first-order chi connectivity index (χ1) is 12.2. The van der Waals surface area contributed by atoms with Crippen LogP contribution >= 0.6 is 0 Å². The first-order valence-corrected chi connectivity index (χ1v) is 8.07. The zero-order chi connectivity index (χ0) is 17.0. The van der Waals surface area contributed by atoms with Crippen LogP contribution in [0.4, 0.5) is 10.1 Å². The van der Waals surface area contributed by atoms with Crippen LogP contribution in [0.25, 0.3) is 0 Å². The van der Waals surface area contributed by atoms with Crippen LogP contribution in [0.5, 0.6) is 11.5 Å². The number of nitrogens with one attached hydrogen (secondary N) is 1. The maximum absolute atomic E-state index is 13.4. The number of fused-ring (bicyclic) bond motifs is 2. The Kier molecular flexibility index (Phi) is 3.00. The zero-order valence-corrected chi connectivity index (χ0v) is 13.2. The predicted molar refractivity (Wildman–Crippen MR) is 87.3 cm³/mol. The molecule has 3 aliphatic rings. The van der Waals surface area contributed by atoms with Crippen LogP contribution in [-0.2, 0) is 9.53 Å². The molecule has 1 N–H and O–H groups in total. The molecule has 5 rings (SSSR count). The lowest BCUT2D eigenvalue weighted by molar-refractivity contribution is -0.136. The average Bonchev–Trinajstić information content (AvgIpc) is 2.99. The summed E-state index contributed by atoms with van der Waals surface area (Å²) in [5, 5.41) is 3.27. The standard InChI is InChI=1S/C19H14FNO4/c20-11-3-1-10(2-4-11)17-12-7-15-16(24-6-5-23-15)8-13(12)21-14-9-25-19(22)18(14)17/h1-4,7-8,17,21H,5-6,9H2. The second-order valence-corrected chi connectivity index (χ2v) is 6.16. The number of halogens is 1. The summed E-state index contributed by atoms with van der Waals surface area (Å²) in [5.74, 6) is 0.317. The summed E-state index contributed by atoms with van der Waals surface area (Å²) in [5.41, 5.74) is 3.86. The number of ether oxygens (including phenoxy) is 3. The number of hydrogen-bond acceptors (Lipinski definition) is 5. The van der Waals surface area contributed by atoms with E-state index < -0.39 is 0 Å². The molecule has 0 radical (unpaired) electrons. The lowest BCUT2D eigenvalue weighted by Gasteiger charge is -2.29. The quantitative estimate of drug-likeness (QED) is 0.810. The third-order valence-electron chi connectivity index (χ3n) is 4.70. The molecule has 0 aliphatic carbocycles. The Hall–Kier alpha value is -3.02. The third kappa shape index (κ3) is 2.17. The molecule has 2 aromatic carbocycles. The van der Waals surface area contributed by atoms with Gasteiger partial charge in [0.15, 0.2) is 11.5 Å². The summed E-state index contributed by atoms with van der Waals surface area (Å²) >= 11 is 0. The number of carbonyl (C=O) groups is 1. The van der Waals surface area contributed by atoms with Gasteiger partial charge in [0.2, 0.25) is 0 Å². The minimum absolute atomic E-state index is 0.208. The van der Waals surface area contributed by atoms with Gasteiger partial charge in [-0.3, -0.25) is 0 Å². The van der Waals surface area contributed by atoms with E-state index >= 15 is 0 Å². The van der Waals surface area contributed by atoms with Crippen LogP contribution < -0.4 is 14.8 Å². The smallest absolute Gasteiger partial charge is 0.337 e. The number of carbonyl (C=O) groups excluding carboxylic acids is 1. The van der Waals surface area contributed by atoms with Crippen molar-refractivity contribution in [1.82, 2.24) is 0 Å². The molecule has 0 saturated carbocycles. The highest BCUT2D eigenvalue weighted by molar-refractivity contribution is 5.97. The van der Waals surface area contributed by atoms with Crippen molar-refractivity contribution in [3.05, 3.63) is 64.6 Å². The summed E-state index contributed by atoms with van der Waals surface area (Å²) in [6.45, 7) is 1.19. The van der Waals surface area contributed by atoms with E-state index in [-0.39, 0.29) is 24.3 Å². The molecule has 0 amide bonds. The molecule has 126 valence electrons. The van der Waals surface area contributed by atoms with E-state index in [4.69, 9.17) is 14.2 Å². The van der Waals surface area contributed by atoms with Gasteiger partial charge in [-0.1, -0.05) is 12.1 Å². The van der Waals surface area contributed by atoms with E-state index in [0.29, 0.717) is 30.3 Å². The first kappa shape index (κ1) is 14.3. The van der Waals surface area contributed by atoms with E-state index in [1.165, 1.54) is 12.1 Å². The van der Waals surface area contributed by atoms with Crippen LogP contribution in [-0.4, -0.2) is 25.8 Å². The largest absolute Gasteiger partial charge is 0.486 e. The highest BCUT2D eigenvalue weighted by atomic mass is 19.1. The first-order valence-electron chi connectivity index (χ1n) is 8.07.